The SMILES string of the molecule is CC(=O)Nc1cccc(NC(=O)[C@@H]2CC(=O)Nc3c(C)c(-c4ccc(F)cc4)nn32)c1. The van der Waals surface area contributed by atoms with Gasteiger partial charge in [0.15, 0.2) is 0 Å². The van der Waals surface area contributed by atoms with Crippen LogP contribution in [0.15, 0.2) is 48.5 Å². The van der Waals surface area contributed by atoms with Crippen molar-refractivity contribution in [2.45, 2.75) is 26.3 Å². The van der Waals surface area contributed by atoms with E-state index in [1.807, 2.05) is 0 Å². The summed E-state index contributed by atoms with van der Waals surface area (Å²) in [4.78, 5) is 36.6. The number of rotatable bonds is 4. The van der Waals surface area contributed by atoms with Crippen LogP contribution in [0.5, 0.6) is 0 Å². The van der Waals surface area contributed by atoms with Gasteiger partial charge in [-0.25, -0.2) is 9.07 Å². The van der Waals surface area contributed by atoms with Crippen LogP contribution in [-0.4, -0.2) is 27.5 Å². The van der Waals surface area contributed by atoms with Gasteiger partial charge in [0, 0.05) is 29.4 Å². The van der Waals surface area contributed by atoms with E-state index in [0.29, 0.717) is 34.0 Å². The van der Waals surface area contributed by atoms with Gasteiger partial charge < -0.3 is 16.0 Å². The predicted molar refractivity (Wildman–Crippen MR) is 114 cm³/mol. The Labute approximate surface area is 177 Å². The second-order valence-electron chi connectivity index (χ2n) is 7.29. The molecule has 0 saturated heterocycles. The Morgan fingerprint density at radius 2 is 1.81 bits per heavy atom. The monoisotopic (exact) mass is 421 g/mol. The fourth-order valence-corrected chi connectivity index (χ4v) is 3.53. The molecule has 1 aliphatic heterocycles. The number of hydrogen-bond acceptors (Lipinski definition) is 4. The number of halogens is 1. The Balaban J connectivity index is 1.64. The molecule has 0 bridgehead atoms. The number of nitrogens with zero attached hydrogens (tertiary/aromatic N) is 2. The zero-order valence-electron chi connectivity index (χ0n) is 16.9. The highest BCUT2D eigenvalue weighted by Gasteiger charge is 2.34. The third-order valence-electron chi connectivity index (χ3n) is 4.95. The number of anilines is 3. The molecule has 1 atom stereocenters. The van der Waals surface area contributed by atoms with Gasteiger partial charge in [-0.2, -0.15) is 5.10 Å². The smallest absolute Gasteiger partial charge is 0.249 e. The van der Waals surface area contributed by atoms with Crippen molar-refractivity contribution < 1.29 is 18.8 Å². The van der Waals surface area contributed by atoms with Crippen molar-refractivity contribution in [3.8, 4) is 11.3 Å². The molecule has 158 valence electrons. The van der Waals surface area contributed by atoms with Gasteiger partial charge in [-0.15, -0.1) is 0 Å². The minimum atomic E-state index is -0.860. The number of hydrogen-bond donors (Lipinski definition) is 3. The number of carbonyl (C=O) groups is 3. The lowest BCUT2D eigenvalue weighted by molar-refractivity contribution is -0.125. The van der Waals surface area contributed by atoms with Crippen LogP contribution in [0.4, 0.5) is 21.6 Å². The Morgan fingerprint density at radius 3 is 2.48 bits per heavy atom. The van der Waals surface area contributed by atoms with Crippen molar-refractivity contribution in [3.63, 3.8) is 0 Å². The van der Waals surface area contributed by atoms with E-state index in [2.05, 4.69) is 21.0 Å². The van der Waals surface area contributed by atoms with Gasteiger partial charge in [-0.05, 0) is 49.4 Å². The molecule has 4 rings (SSSR count). The van der Waals surface area contributed by atoms with Crippen LogP contribution in [0.2, 0.25) is 0 Å². The Kier molecular flexibility index (Phi) is 5.24. The van der Waals surface area contributed by atoms with Gasteiger partial charge >= 0.3 is 0 Å². The summed E-state index contributed by atoms with van der Waals surface area (Å²) >= 11 is 0. The standard InChI is InChI=1S/C22H20FN5O3/c1-12-20(14-6-8-15(23)9-7-14)27-28-18(11-19(30)26-21(12)28)22(31)25-17-5-3-4-16(10-17)24-13(2)29/h3-10,18H,11H2,1-2H3,(H,24,29)(H,25,31)(H,26,30)/t18-/m0/s1. The van der Waals surface area contributed by atoms with E-state index < -0.39 is 11.9 Å². The summed E-state index contributed by atoms with van der Waals surface area (Å²) in [5.41, 5.74) is 2.94. The van der Waals surface area contributed by atoms with Gasteiger partial charge in [0.05, 0.1) is 12.1 Å². The van der Waals surface area contributed by atoms with E-state index >= 15 is 0 Å². The Hall–Kier alpha value is -4.01. The molecule has 2 heterocycles. The summed E-state index contributed by atoms with van der Waals surface area (Å²) < 4.78 is 14.8. The van der Waals surface area contributed by atoms with Crippen LogP contribution in [0, 0.1) is 12.7 Å². The van der Waals surface area contributed by atoms with E-state index in [1.54, 1.807) is 43.3 Å². The van der Waals surface area contributed by atoms with E-state index in [4.69, 9.17) is 0 Å². The van der Waals surface area contributed by atoms with Gasteiger partial charge in [-0.1, -0.05) is 6.07 Å². The Bertz CT molecular complexity index is 1190. The number of amides is 3. The van der Waals surface area contributed by atoms with E-state index in [0.717, 1.165) is 0 Å². The van der Waals surface area contributed by atoms with Crippen molar-refractivity contribution in [2.75, 3.05) is 16.0 Å². The molecular formula is C22H20FN5O3. The van der Waals surface area contributed by atoms with Crippen LogP contribution in [0.1, 0.15) is 24.9 Å². The normalized spacial score (nSPS) is 15.1. The summed E-state index contributed by atoms with van der Waals surface area (Å²) in [5.74, 6) is -0.866. The Morgan fingerprint density at radius 1 is 1.13 bits per heavy atom. The average molecular weight is 421 g/mol. The quantitative estimate of drug-likeness (QED) is 0.600. The molecule has 3 amide bonds. The summed E-state index contributed by atoms with van der Waals surface area (Å²) in [6.07, 6.45) is -0.0752. The fraction of sp³-hybridized carbons (Fsp3) is 0.182. The maximum atomic E-state index is 13.3. The van der Waals surface area contributed by atoms with E-state index in [1.165, 1.54) is 23.7 Å². The molecule has 0 radical (unpaired) electrons. The molecule has 0 aliphatic carbocycles. The van der Waals surface area contributed by atoms with Crippen molar-refractivity contribution in [2.24, 2.45) is 0 Å². The van der Waals surface area contributed by atoms with Gasteiger partial charge in [-0.3, -0.25) is 14.4 Å². The van der Waals surface area contributed by atoms with Crippen LogP contribution < -0.4 is 16.0 Å². The van der Waals surface area contributed by atoms with Crippen LogP contribution in [0.3, 0.4) is 0 Å². The third-order valence-corrected chi connectivity index (χ3v) is 4.95. The molecule has 8 nitrogen and oxygen atoms in total. The van der Waals surface area contributed by atoms with Crippen LogP contribution in [-0.2, 0) is 14.4 Å². The minimum Gasteiger partial charge on any atom is -0.326 e. The molecule has 3 N–H and O–H groups in total. The van der Waals surface area contributed by atoms with Crippen molar-refractivity contribution in [1.82, 2.24) is 9.78 Å². The second-order valence-corrected chi connectivity index (χ2v) is 7.29. The van der Waals surface area contributed by atoms with Gasteiger partial charge in [0.2, 0.25) is 17.7 Å². The molecule has 0 saturated carbocycles. The van der Waals surface area contributed by atoms with E-state index in [-0.39, 0.29) is 24.1 Å². The number of carbonyl (C=O) groups excluding carboxylic acids is 3. The molecule has 1 aliphatic rings. The van der Waals surface area contributed by atoms with Gasteiger partial charge in [0.1, 0.15) is 17.7 Å². The number of benzene rings is 2. The summed E-state index contributed by atoms with van der Waals surface area (Å²) in [6.45, 7) is 3.18. The molecular weight excluding hydrogens is 401 g/mol. The maximum absolute atomic E-state index is 13.3. The highest BCUT2D eigenvalue weighted by molar-refractivity contribution is 6.02. The molecule has 9 heteroatoms. The number of nitrogens with one attached hydrogen (secondary N) is 3. The number of aromatic nitrogens is 2. The summed E-state index contributed by atoms with van der Waals surface area (Å²) in [6, 6.07) is 11.7. The second kappa shape index (κ2) is 8.02. The molecule has 31 heavy (non-hydrogen) atoms. The highest BCUT2D eigenvalue weighted by Crippen LogP contribution is 2.34. The molecule has 0 spiro atoms. The molecule has 2 aromatic carbocycles. The zero-order valence-corrected chi connectivity index (χ0v) is 16.9. The molecule has 0 unspecified atom stereocenters. The van der Waals surface area contributed by atoms with Gasteiger partial charge in [0.25, 0.3) is 0 Å². The topological polar surface area (TPSA) is 105 Å². The lowest BCUT2D eigenvalue weighted by Crippen LogP contribution is -2.35. The minimum absolute atomic E-state index is 0.0752. The first-order valence-electron chi connectivity index (χ1n) is 9.65. The van der Waals surface area contributed by atoms with Crippen LogP contribution >= 0.6 is 0 Å². The number of fused-ring (bicyclic) bond motifs is 1. The van der Waals surface area contributed by atoms with Crippen LogP contribution in [0.25, 0.3) is 11.3 Å². The highest BCUT2D eigenvalue weighted by atomic mass is 19.1. The summed E-state index contributed by atoms with van der Waals surface area (Å²) in [7, 11) is 0. The molecule has 3 aromatic rings. The lowest BCUT2D eigenvalue weighted by atomic mass is 10.1. The first kappa shape index (κ1) is 20.3. The largest absolute Gasteiger partial charge is 0.326 e. The summed E-state index contributed by atoms with van der Waals surface area (Å²) in [5, 5.41) is 12.8. The first-order chi connectivity index (χ1) is 14.8. The average Bonchev–Trinajstić information content (AvgIpc) is 3.04. The van der Waals surface area contributed by atoms with Crippen molar-refractivity contribution in [3.05, 3.63) is 59.9 Å². The van der Waals surface area contributed by atoms with Crippen molar-refractivity contribution in [1.29, 1.82) is 0 Å². The maximum Gasteiger partial charge on any atom is 0.249 e. The third kappa shape index (κ3) is 4.16. The van der Waals surface area contributed by atoms with E-state index in [9.17, 15) is 18.8 Å². The molecule has 0 fully saturated rings. The fourth-order valence-electron chi connectivity index (χ4n) is 3.53. The predicted octanol–water partition coefficient (Wildman–Crippen LogP) is 3.48. The van der Waals surface area contributed by atoms with Crippen molar-refractivity contribution >= 4 is 34.9 Å². The first-order valence-corrected chi connectivity index (χ1v) is 9.65. The molecule has 1 aromatic heterocycles. The lowest BCUT2D eigenvalue weighted by Gasteiger charge is -2.24. The zero-order chi connectivity index (χ0) is 22.1.